The number of halogens is 1. The molecule has 2 aromatic heterocycles. The monoisotopic (exact) mass is 489 g/mol. The van der Waals surface area contributed by atoms with Crippen LogP contribution in [0.1, 0.15) is 38.2 Å². The van der Waals surface area contributed by atoms with Crippen molar-refractivity contribution in [3.05, 3.63) is 76.5 Å². The highest BCUT2D eigenvalue weighted by Gasteiger charge is 2.19. The van der Waals surface area contributed by atoms with Gasteiger partial charge in [-0.05, 0) is 56.5 Å². The number of hydrogen-bond acceptors (Lipinski definition) is 4. The summed E-state index contributed by atoms with van der Waals surface area (Å²) in [7, 11) is 0. The van der Waals surface area contributed by atoms with Crippen LogP contribution in [0.5, 0.6) is 0 Å². The summed E-state index contributed by atoms with van der Waals surface area (Å²) in [6.07, 6.45) is 6.31. The topological polar surface area (TPSA) is 72.2 Å². The number of rotatable bonds is 8. The Labute approximate surface area is 209 Å². The smallest absolute Gasteiger partial charge is 0.291 e. The number of benzene rings is 2. The van der Waals surface area contributed by atoms with Crippen LogP contribution in [0.15, 0.2) is 59.5 Å². The molecule has 1 N–H and O–H groups in total. The maximum Gasteiger partial charge on any atom is 0.291 e. The van der Waals surface area contributed by atoms with Gasteiger partial charge < -0.3 is 14.8 Å². The fourth-order valence-electron chi connectivity index (χ4n) is 5.23. The van der Waals surface area contributed by atoms with Crippen molar-refractivity contribution in [3.63, 3.8) is 0 Å². The molecule has 1 saturated heterocycles. The molecule has 0 unspecified atom stereocenters. The van der Waals surface area contributed by atoms with Crippen LogP contribution < -0.4 is 10.9 Å². The SMILES string of the molecule is C[C@H]1CCCCN1CCCNC(=O)Cn1ncc2c3ccccc3n(Cc3ccc(F)cc3)c2c1=O. The summed E-state index contributed by atoms with van der Waals surface area (Å²) < 4.78 is 16.6. The maximum absolute atomic E-state index is 13.5. The molecule has 1 fully saturated rings. The van der Waals surface area contributed by atoms with Crippen LogP contribution in [0.2, 0.25) is 0 Å². The van der Waals surface area contributed by atoms with Crippen LogP contribution in [0.4, 0.5) is 4.39 Å². The second-order valence-electron chi connectivity index (χ2n) is 9.68. The first-order valence-electron chi connectivity index (χ1n) is 12.7. The third-order valence-electron chi connectivity index (χ3n) is 7.21. The van der Waals surface area contributed by atoms with Gasteiger partial charge in [-0.1, -0.05) is 36.8 Å². The number of aromatic nitrogens is 3. The lowest BCUT2D eigenvalue weighted by Crippen LogP contribution is -2.40. The summed E-state index contributed by atoms with van der Waals surface area (Å²) in [5.74, 6) is -0.527. The van der Waals surface area contributed by atoms with E-state index >= 15 is 0 Å². The van der Waals surface area contributed by atoms with Crippen LogP contribution in [-0.2, 0) is 17.9 Å². The first kappa shape index (κ1) is 24.2. The number of fused-ring (bicyclic) bond motifs is 3. The Hall–Kier alpha value is -3.52. The van der Waals surface area contributed by atoms with E-state index in [0.29, 0.717) is 24.6 Å². The highest BCUT2D eigenvalue weighted by Crippen LogP contribution is 2.27. The number of para-hydroxylation sites is 1. The van der Waals surface area contributed by atoms with Gasteiger partial charge in [0.25, 0.3) is 5.56 Å². The Bertz CT molecular complexity index is 1430. The third kappa shape index (κ3) is 5.04. The fourth-order valence-corrected chi connectivity index (χ4v) is 5.23. The number of carbonyl (C=O) groups is 1. The molecule has 4 aromatic rings. The standard InChI is InChI=1S/C28H32FN5O2/c1-20-7-4-5-15-32(20)16-6-14-30-26(35)19-34-28(36)27-24(17-31-34)23-8-2-3-9-25(23)33(27)18-21-10-12-22(29)13-11-21/h2-3,8-13,17,20H,4-7,14-16,18-19H2,1H3,(H,30,35)/t20-/m0/s1. The van der Waals surface area contributed by atoms with Gasteiger partial charge in [0.15, 0.2) is 0 Å². The lowest BCUT2D eigenvalue weighted by atomic mass is 10.0. The molecule has 1 aliphatic heterocycles. The summed E-state index contributed by atoms with van der Waals surface area (Å²) in [5.41, 5.74) is 1.94. The predicted molar refractivity (Wildman–Crippen MR) is 140 cm³/mol. The number of amides is 1. The second-order valence-corrected chi connectivity index (χ2v) is 9.68. The van der Waals surface area contributed by atoms with Crippen LogP contribution in [-0.4, -0.2) is 50.8 Å². The Balaban J connectivity index is 1.34. The summed E-state index contributed by atoms with van der Waals surface area (Å²) in [6, 6.07) is 14.6. The van der Waals surface area contributed by atoms with Crippen LogP contribution in [0.25, 0.3) is 21.8 Å². The van der Waals surface area contributed by atoms with E-state index in [4.69, 9.17) is 0 Å². The van der Waals surface area contributed by atoms with Gasteiger partial charge in [0.2, 0.25) is 5.91 Å². The number of likely N-dealkylation sites (tertiary alicyclic amines) is 1. The Morgan fingerprint density at radius 3 is 2.72 bits per heavy atom. The molecule has 0 saturated carbocycles. The van der Waals surface area contributed by atoms with Gasteiger partial charge in [0.1, 0.15) is 17.9 Å². The van der Waals surface area contributed by atoms with E-state index in [2.05, 4.69) is 22.2 Å². The molecule has 0 radical (unpaired) electrons. The molecule has 1 amide bonds. The largest absolute Gasteiger partial charge is 0.354 e. The lowest BCUT2D eigenvalue weighted by Gasteiger charge is -2.33. The van der Waals surface area contributed by atoms with Crippen molar-refractivity contribution in [3.8, 4) is 0 Å². The number of piperidine rings is 1. The molecular formula is C28H32FN5O2. The van der Waals surface area contributed by atoms with Crippen LogP contribution in [0, 0.1) is 5.82 Å². The molecule has 2 aromatic carbocycles. The minimum absolute atomic E-state index is 0.132. The summed E-state index contributed by atoms with van der Waals surface area (Å²) in [6.45, 7) is 5.21. The maximum atomic E-state index is 13.5. The van der Waals surface area contributed by atoms with Gasteiger partial charge in [-0.2, -0.15) is 5.10 Å². The molecule has 0 aliphatic carbocycles. The zero-order valence-electron chi connectivity index (χ0n) is 20.6. The summed E-state index contributed by atoms with van der Waals surface area (Å²) in [4.78, 5) is 28.6. The first-order valence-corrected chi connectivity index (χ1v) is 12.7. The van der Waals surface area contributed by atoms with Crippen LogP contribution >= 0.6 is 0 Å². The lowest BCUT2D eigenvalue weighted by molar-refractivity contribution is -0.121. The second kappa shape index (κ2) is 10.6. The Kier molecular flexibility index (Phi) is 7.13. The zero-order valence-corrected chi connectivity index (χ0v) is 20.6. The highest BCUT2D eigenvalue weighted by atomic mass is 19.1. The molecule has 5 rings (SSSR count). The highest BCUT2D eigenvalue weighted by molar-refractivity contribution is 6.07. The summed E-state index contributed by atoms with van der Waals surface area (Å²) >= 11 is 0. The quantitative estimate of drug-likeness (QED) is 0.381. The summed E-state index contributed by atoms with van der Waals surface area (Å²) in [5, 5.41) is 8.91. The van der Waals surface area contributed by atoms with Crippen LogP contribution in [0.3, 0.4) is 0 Å². The fraction of sp³-hybridized carbons (Fsp3) is 0.393. The number of carbonyl (C=O) groups excluding carboxylic acids is 1. The Morgan fingerprint density at radius 1 is 1.11 bits per heavy atom. The van der Waals surface area contributed by atoms with Crippen molar-refractivity contribution in [2.45, 2.75) is 51.7 Å². The van der Waals surface area contributed by atoms with Crippen molar-refractivity contribution in [1.29, 1.82) is 0 Å². The molecule has 0 spiro atoms. The Morgan fingerprint density at radius 2 is 1.92 bits per heavy atom. The van der Waals surface area contributed by atoms with Gasteiger partial charge in [0.05, 0.1) is 6.20 Å². The molecular weight excluding hydrogens is 457 g/mol. The van der Waals surface area contributed by atoms with Crippen molar-refractivity contribution in [2.75, 3.05) is 19.6 Å². The number of nitrogens with one attached hydrogen (secondary N) is 1. The molecule has 1 atom stereocenters. The normalized spacial score (nSPS) is 16.6. The molecule has 36 heavy (non-hydrogen) atoms. The first-order chi connectivity index (χ1) is 17.5. The van der Waals surface area contributed by atoms with E-state index in [1.54, 1.807) is 18.3 Å². The number of hydrogen-bond donors (Lipinski definition) is 1. The van der Waals surface area contributed by atoms with Gasteiger partial charge >= 0.3 is 0 Å². The third-order valence-corrected chi connectivity index (χ3v) is 7.21. The minimum atomic E-state index is -0.317. The van der Waals surface area contributed by atoms with E-state index < -0.39 is 0 Å². The van der Waals surface area contributed by atoms with Crippen molar-refractivity contribution < 1.29 is 9.18 Å². The predicted octanol–water partition coefficient (Wildman–Crippen LogP) is 3.92. The average Bonchev–Trinajstić information content (AvgIpc) is 3.20. The molecule has 7 nitrogen and oxygen atoms in total. The average molecular weight is 490 g/mol. The van der Waals surface area contributed by atoms with Crippen molar-refractivity contribution in [2.24, 2.45) is 0 Å². The molecule has 8 heteroatoms. The molecule has 188 valence electrons. The zero-order chi connectivity index (χ0) is 25.1. The van der Waals surface area contributed by atoms with Crippen molar-refractivity contribution in [1.82, 2.24) is 24.6 Å². The molecule has 0 bridgehead atoms. The van der Waals surface area contributed by atoms with E-state index in [1.165, 1.54) is 36.1 Å². The van der Waals surface area contributed by atoms with E-state index in [0.717, 1.165) is 41.4 Å². The minimum Gasteiger partial charge on any atom is -0.354 e. The van der Waals surface area contributed by atoms with Crippen molar-refractivity contribution >= 4 is 27.7 Å². The van der Waals surface area contributed by atoms with E-state index in [9.17, 15) is 14.0 Å². The number of nitrogens with zero attached hydrogens (tertiary/aromatic N) is 4. The van der Waals surface area contributed by atoms with E-state index in [1.807, 2.05) is 28.8 Å². The van der Waals surface area contributed by atoms with E-state index in [-0.39, 0.29) is 23.8 Å². The van der Waals surface area contributed by atoms with Gasteiger partial charge in [0, 0.05) is 42.0 Å². The van der Waals surface area contributed by atoms with Gasteiger partial charge in [-0.15, -0.1) is 0 Å². The van der Waals surface area contributed by atoms with Gasteiger partial charge in [-0.3, -0.25) is 9.59 Å². The molecule has 1 aliphatic rings. The molecule has 3 heterocycles. The van der Waals surface area contributed by atoms with Gasteiger partial charge in [-0.25, -0.2) is 9.07 Å².